The van der Waals surface area contributed by atoms with Crippen LogP contribution in [0.3, 0.4) is 0 Å². The van der Waals surface area contributed by atoms with Crippen LogP contribution in [0.25, 0.3) is 10.2 Å². The van der Waals surface area contributed by atoms with E-state index in [4.69, 9.17) is 4.84 Å². The van der Waals surface area contributed by atoms with Crippen LogP contribution >= 0.6 is 11.3 Å². The predicted molar refractivity (Wildman–Crippen MR) is 216 cm³/mol. The number of para-hydroxylation sites is 1. The first-order valence-electron chi connectivity index (χ1n) is 19.8. The summed E-state index contributed by atoms with van der Waals surface area (Å²) in [5, 5.41) is 9.19. The highest BCUT2D eigenvalue weighted by Crippen LogP contribution is 2.41. The van der Waals surface area contributed by atoms with Crippen LogP contribution in [0.5, 0.6) is 11.5 Å². The molecule has 0 saturated carbocycles. The predicted octanol–water partition coefficient (Wildman–Crippen LogP) is 14.0. The zero-order valence-electron chi connectivity index (χ0n) is 35.5. The van der Waals surface area contributed by atoms with Gasteiger partial charge in [-0.1, -0.05) is 72.0 Å². The molecule has 0 atom stereocenters. The molecular formula is C45H22BF24NO2S. The minimum atomic E-state index is -6.13. The monoisotopic (exact) mass is 1110 g/mol. The number of aromatic nitrogens is 1. The number of hydrogen-bond donors (Lipinski definition) is 1. The molecular weight excluding hydrogens is 1090 g/mol. The molecule has 0 fully saturated rings. The van der Waals surface area contributed by atoms with E-state index in [1.165, 1.54) is 4.70 Å². The van der Waals surface area contributed by atoms with Gasteiger partial charge in [0.25, 0.3) is 11.0 Å². The number of nitrogens with zero attached hydrogens (tertiary/aromatic N) is 1. The number of hydrogen-bond acceptors (Lipinski definition) is 3. The Balaban J connectivity index is 0.000000436. The molecule has 6 aromatic carbocycles. The molecule has 0 unspecified atom stereocenters. The lowest BCUT2D eigenvalue weighted by molar-refractivity contribution is -0.851. The number of aromatic hydroxyl groups is 1. The molecule has 1 N–H and O–H groups in total. The highest BCUT2D eigenvalue weighted by atomic mass is 32.1. The van der Waals surface area contributed by atoms with E-state index in [2.05, 4.69) is 6.07 Å². The molecule has 74 heavy (non-hydrogen) atoms. The third-order valence-electron chi connectivity index (χ3n) is 10.9. The van der Waals surface area contributed by atoms with Crippen molar-refractivity contribution < 1.29 is 120 Å². The number of phenols is 1. The van der Waals surface area contributed by atoms with Crippen molar-refractivity contribution in [3.05, 3.63) is 171 Å². The van der Waals surface area contributed by atoms with Crippen molar-refractivity contribution in [1.29, 1.82) is 0 Å². The maximum absolute atomic E-state index is 14.2. The molecule has 0 bridgehead atoms. The topological polar surface area (TPSA) is 33.3 Å². The Labute approximate surface area is 401 Å². The normalized spacial score (nSPS) is 13.5. The Morgan fingerprint density at radius 1 is 0.351 bits per heavy atom. The van der Waals surface area contributed by atoms with Crippen LogP contribution < -0.4 is 31.4 Å². The average molecular weight is 1110 g/mol. The van der Waals surface area contributed by atoms with Gasteiger partial charge in [0.2, 0.25) is 5.75 Å². The number of fused-ring (bicyclic) bond motifs is 1. The summed E-state index contributed by atoms with van der Waals surface area (Å²) in [5.74, 6) is 0.925. The maximum Gasteiger partial charge on any atom is 0.416 e. The minimum Gasteiger partial charge on any atom is -0.508 e. The first kappa shape index (κ1) is 56.5. The molecule has 0 spiro atoms. The molecule has 0 saturated heterocycles. The van der Waals surface area contributed by atoms with Crippen molar-refractivity contribution in [1.82, 2.24) is 0 Å². The summed E-state index contributed by atoms with van der Waals surface area (Å²) >= 11 is 1.62. The van der Waals surface area contributed by atoms with Crippen LogP contribution in [0.15, 0.2) is 127 Å². The van der Waals surface area contributed by atoms with Crippen LogP contribution in [0, 0.1) is 0 Å². The largest absolute Gasteiger partial charge is 0.508 e. The van der Waals surface area contributed by atoms with Gasteiger partial charge < -0.3 is 5.11 Å². The Bertz CT molecular complexity index is 2720. The number of rotatable bonds is 6. The highest BCUT2D eigenvalue weighted by Gasteiger charge is 2.47. The SMILES string of the molecule is FC(F)(F)c1cc([B-](c2cc(C(F)(F)F)cc(C(F)(F)F)c2)(c2cc(C(F)(F)F)cc(C(F)(F)F)c2)c2cc(C(F)(F)F)cc(C(F)(F)F)c2)cc(C(F)(F)F)c1.Oc1ccc(O[n+]2csc3ccccc32)cc1. The molecule has 7 aromatic rings. The van der Waals surface area contributed by atoms with Crippen molar-refractivity contribution in [2.24, 2.45) is 0 Å². The first-order valence-corrected chi connectivity index (χ1v) is 20.7. The van der Waals surface area contributed by atoms with Gasteiger partial charge in [0, 0.05) is 10.8 Å². The standard InChI is InChI=1S/C32H12BF24.C13H9NO2S/c34-25(35,36)13-1-14(26(37,38)39)6-21(5-13)33(22-7-15(27(40,41)42)2-16(8-22)28(43,44)45,23-9-17(29(46,47)48)3-18(10-23)30(49,50)51)24-11-19(31(52,53)54)4-20(12-24)32(55,56)57;15-10-5-7-11(8-6-10)16-14-9-17-13-4-2-1-3-12(13)14/h1-12H;1-9H/q-1;/p+1. The van der Waals surface area contributed by atoms with Crippen LogP contribution in [0.4, 0.5) is 105 Å². The Hall–Kier alpha value is -6.81. The van der Waals surface area contributed by atoms with E-state index in [1.807, 2.05) is 23.7 Å². The summed E-state index contributed by atoms with van der Waals surface area (Å²) in [6.07, 6.45) is -54.8. The van der Waals surface area contributed by atoms with Crippen LogP contribution in [-0.4, -0.2) is 11.3 Å². The molecule has 396 valence electrons. The van der Waals surface area contributed by atoms with Crippen molar-refractivity contribution in [3.8, 4) is 11.5 Å². The number of thiazole rings is 1. The van der Waals surface area contributed by atoms with Crippen molar-refractivity contribution >= 4 is 49.6 Å². The van der Waals surface area contributed by atoms with E-state index in [0.29, 0.717) is 5.75 Å². The van der Waals surface area contributed by atoms with Gasteiger partial charge in [-0.05, 0) is 54.6 Å². The molecule has 0 aliphatic carbocycles. The molecule has 3 nitrogen and oxygen atoms in total. The van der Waals surface area contributed by atoms with Crippen molar-refractivity contribution in [2.75, 3.05) is 0 Å². The second kappa shape index (κ2) is 19.2. The van der Waals surface area contributed by atoms with Gasteiger partial charge in [0.15, 0.2) is 0 Å². The summed E-state index contributed by atoms with van der Waals surface area (Å²) in [5.41, 5.74) is -27.3. The lowest BCUT2D eigenvalue weighted by Crippen LogP contribution is -2.75. The van der Waals surface area contributed by atoms with Gasteiger partial charge in [-0.15, -0.1) is 0 Å². The summed E-state index contributed by atoms with van der Waals surface area (Å²) in [6.45, 7) is 0. The van der Waals surface area contributed by atoms with Crippen LogP contribution in [0.1, 0.15) is 44.5 Å². The molecule has 0 aliphatic rings. The third kappa shape index (κ3) is 12.4. The lowest BCUT2D eigenvalue weighted by atomic mass is 9.12. The van der Waals surface area contributed by atoms with Crippen molar-refractivity contribution in [2.45, 2.75) is 49.4 Å². The second-order valence-electron chi connectivity index (χ2n) is 15.8. The Morgan fingerprint density at radius 3 is 0.865 bits per heavy atom. The Kier molecular flexibility index (Phi) is 14.6. The van der Waals surface area contributed by atoms with Crippen LogP contribution in [-0.2, 0) is 49.4 Å². The van der Waals surface area contributed by atoms with E-state index in [-0.39, 0.29) is 5.75 Å². The van der Waals surface area contributed by atoms with Gasteiger partial charge in [-0.2, -0.15) is 127 Å². The highest BCUT2D eigenvalue weighted by molar-refractivity contribution is 7.20. The minimum absolute atomic E-state index is 0.234. The van der Waals surface area contributed by atoms with Gasteiger partial charge in [0.1, 0.15) is 16.6 Å². The molecule has 1 heterocycles. The van der Waals surface area contributed by atoms with E-state index >= 15 is 0 Å². The fourth-order valence-electron chi connectivity index (χ4n) is 7.66. The quantitative estimate of drug-likeness (QED) is 0.102. The first-order chi connectivity index (χ1) is 33.6. The molecule has 0 radical (unpaired) electrons. The zero-order valence-corrected chi connectivity index (χ0v) is 36.3. The average Bonchev–Trinajstić information content (AvgIpc) is 3.67. The fourth-order valence-corrected chi connectivity index (χ4v) is 8.46. The van der Waals surface area contributed by atoms with Gasteiger partial charge in [0.05, 0.1) is 44.5 Å². The van der Waals surface area contributed by atoms with Crippen molar-refractivity contribution in [3.63, 3.8) is 0 Å². The Morgan fingerprint density at radius 2 is 0.608 bits per heavy atom. The number of halogens is 24. The summed E-state index contributed by atoms with van der Waals surface area (Å²) in [7, 11) is 0. The third-order valence-corrected chi connectivity index (χ3v) is 11.8. The van der Waals surface area contributed by atoms with Crippen LogP contribution in [0.2, 0.25) is 0 Å². The lowest BCUT2D eigenvalue weighted by Gasteiger charge is -2.46. The van der Waals surface area contributed by atoms with E-state index in [9.17, 15) is 110 Å². The van der Waals surface area contributed by atoms with Gasteiger partial charge in [-0.25, -0.2) is 4.84 Å². The maximum atomic E-state index is 14.2. The van der Waals surface area contributed by atoms with Gasteiger partial charge >= 0.3 is 49.4 Å². The fraction of sp³-hybridized carbons (Fsp3) is 0.178. The molecule has 1 aromatic heterocycles. The molecule has 0 amide bonds. The van der Waals surface area contributed by atoms with Gasteiger partial charge in [-0.3, -0.25) is 0 Å². The van der Waals surface area contributed by atoms with E-state index in [1.54, 1.807) is 40.3 Å². The number of benzene rings is 6. The molecule has 7 rings (SSSR count). The number of phenolic OH excluding ortho intramolecular Hbond substituents is 1. The smallest absolute Gasteiger partial charge is 0.416 e. The summed E-state index contributed by atoms with van der Waals surface area (Å²) < 4.78 is 344. The van der Waals surface area contributed by atoms with E-state index in [0.717, 1.165) is 5.52 Å². The summed E-state index contributed by atoms with van der Waals surface area (Å²) in [4.78, 5) is 5.70. The zero-order chi connectivity index (χ0) is 55.6. The number of alkyl halides is 24. The molecule has 29 heteroatoms. The second-order valence-corrected chi connectivity index (χ2v) is 16.7. The molecule has 0 aliphatic heterocycles. The summed E-state index contributed by atoms with van der Waals surface area (Å²) in [6, 6.07) is 5.89. The van der Waals surface area contributed by atoms with E-state index < -0.39 is 195 Å².